The second kappa shape index (κ2) is 6.13. The summed E-state index contributed by atoms with van der Waals surface area (Å²) in [5, 5.41) is 10.7. The molecule has 0 aliphatic heterocycles. The molecule has 0 bridgehead atoms. The number of benzene rings is 1. The Morgan fingerprint density at radius 1 is 1.38 bits per heavy atom. The maximum absolute atomic E-state index is 12.3. The lowest BCUT2D eigenvalue weighted by Crippen LogP contribution is -2.08. The number of aryl methyl sites for hydroxylation is 1. The molecule has 0 atom stereocenters. The molecule has 0 saturated carbocycles. The summed E-state index contributed by atoms with van der Waals surface area (Å²) >= 11 is 0. The fraction of sp³-hybridized carbons (Fsp3) is 0.200. The third-order valence-electron chi connectivity index (χ3n) is 3.14. The van der Waals surface area contributed by atoms with Gasteiger partial charge in [0, 0.05) is 12.3 Å². The second-order valence-electron chi connectivity index (χ2n) is 4.51. The van der Waals surface area contributed by atoms with Gasteiger partial charge in [-0.1, -0.05) is 6.07 Å². The topological polar surface area (TPSA) is 82.3 Å². The molecule has 0 saturated heterocycles. The normalized spacial score (nSPS) is 10.2. The summed E-state index contributed by atoms with van der Waals surface area (Å²) in [4.78, 5) is 26.7. The molecule has 0 amide bonds. The summed E-state index contributed by atoms with van der Waals surface area (Å²) < 4.78 is 5.08. The van der Waals surface area contributed by atoms with Crippen molar-refractivity contribution < 1.29 is 14.5 Å². The van der Waals surface area contributed by atoms with Crippen LogP contribution in [0.15, 0.2) is 36.5 Å². The van der Waals surface area contributed by atoms with Crippen molar-refractivity contribution >= 4 is 11.5 Å². The predicted octanol–water partition coefficient (Wildman–Crippen LogP) is 2.73. The van der Waals surface area contributed by atoms with Crippen LogP contribution >= 0.6 is 0 Å². The Kier molecular flexibility index (Phi) is 4.27. The Morgan fingerprint density at radius 2 is 2.14 bits per heavy atom. The molecule has 0 radical (unpaired) electrons. The molecular formula is C15H14N2O4. The van der Waals surface area contributed by atoms with Gasteiger partial charge in [-0.3, -0.25) is 19.9 Å². The number of methoxy groups -OCH3 is 1. The van der Waals surface area contributed by atoms with Crippen LogP contribution in [0.2, 0.25) is 0 Å². The van der Waals surface area contributed by atoms with Gasteiger partial charge in [-0.05, 0) is 24.6 Å². The van der Waals surface area contributed by atoms with E-state index in [4.69, 9.17) is 4.74 Å². The number of ketones is 1. The van der Waals surface area contributed by atoms with Crippen molar-refractivity contribution in [2.45, 2.75) is 13.3 Å². The van der Waals surface area contributed by atoms with Crippen molar-refractivity contribution in [3.8, 4) is 5.75 Å². The van der Waals surface area contributed by atoms with E-state index in [1.807, 2.05) is 13.0 Å². The lowest BCUT2D eigenvalue weighted by atomic mass is 10.0. The van der Waals surface area contributed by atoms with Crippen LogP contribution in [-0.2, 0) is 6.42 Å². The highest BCUT2D eigenvalue weighted by molar-refractivity contribution is 6.00. The number of carbonyl (C=O) groups is 1. The molecule has 0 aliphatic carbocycles. The van der Waals surface area contributed by atoms with E-state index in [0.29, 0.717) is 11.3 Å². The first kappa shape index (κ1) is 14.6. The first-order valence-corrected chi connectivity index (χ1v) is 6.29. The molecular weight excluding hydrogens is 272 g/mol. The lowest BCUT2D eigenvalue weighted by molar-refractivity contribution is -0.384. The Bertz CT molecular complexity index is 698. The summed E-state index contributed by atoms with van der Waals surface area (Å²) in [6.45, 7) is 1.88. The third kappa shape index (κ3) is 3.22. The van der Waals surface area contributed by atoms with Gasteiger partial charge < -0.3 is 4.74 Å². The highest BCUT2D eigenvalue weighted by Crippen LogP contribution is 2.25. The molecule has 2 aromatic rings. The number of rotatable bonds is 5. The largest absolute Gasteiger partial charge is 0.496 e. The van der Waals surface area contributed by atoms with Crippen molar-refractivity contribution in [2.24, 2.45) is 0 Å². The number of pyridine rings is 1. The minimum absolute atomic E-state index is 0.114. The van der Waals surface area contributed by atoms with Crippen LogP contribution < -0.4 is 4.74 Å². The van der Waals surface area contributed by atoms with Crippen LogP contribution in [0.1, 0.15) is 21.6 Å². The molecule has 108 valence electrons. The molecule has 0 fully saturated rings. The summed E-state index contributed by atoms with van der Waals surface area (Å²) in [5.74, 6) is 0.00586. The van der Waals surface area contributed by atoms with Crippen LogP contribution in [-0.4, -0.2) is 22.8 Å². The summed E-state index contributed by atoms with van der Waals surface area (Å²) in [6, 6.07) is 7.63. The van der Waals surface area contributed by atoms with Gasteiger partial charge in [-0.2, -0.15) is 0 Å². The maximum Gasteiger partial charge on any atom is 0.273 e. The molecule has 1 heterocycles. The second-order valence-corrected chi connectivity index (χ2v) is 4.51. The van der Waals surface area contributed by atoms with Gasteiger partial charge in [0.15, 0.2) is 5.78 Å². The van der Waals surface area contributed by atoms with Gasteiger partial charge in [0.25, 0.3) is 5.69 Å². The molecule has 6 nitrogen and oxygen atoms in total. The van der Waals surface area contributed by atoms with Crippen molar-refractivity contribution in [1.82, 2.24) is 4.98 Å². The average molecular weight is 286 g/mol. The van der Waals surface area contributed by atoms with Gasteiger partial charge in [-0.15, -0.1) is 0 Å². The summed E-state index contributed by atoms with van der Waals surface area (Å²) in [7, 11) is 1.38. The highest BCUT2D eigenvalue weighted by Gasteiger charge is 2.18. The first-order valence-electron chi connectivity index (χ1n) is 6.29. The van der Waals surface area contributed by atoms with E-state index in [-0.39, 0.29) is 23.6 Å². The van der Waals surface area contributed by atoms with E-state index in [1.165, 1.54) is 25.3 Å². The number of nitrogens with zero attached hydrogens (tertiary/aromatic N) is 2. The average Bonchev–Trinajstić information content (AvgIpc) is 2.48. The molecule has 21 heavy (non-hydrogen) atoms. The van der Waals surface area contributed by atoms with Crippen molar-refractivity contribution in [1.29, 1.82) is 0 Å². The minimum atomic E-state index is -0.528. The Hall–Kier alpha value is -2.76. The zero-order chi connectivity index (χ0) is 15.4. The zero-order valence-corrected chi connectivity index (χ0v) is 11.7. The van der Waals surface area contributed by atoms with Crippen molar-refractivity contribution in [3.05, 3.63) is 63.5 Å². The van der Waals surface area contributed by atoms with Gasteiger partial charge in [0.05, 0.1) is 35.8 Å². The van der Waals surface area contributed by atoms with Gasteiger partial charge in [0.2, 0.25) is 0 Å². The number of non-ortho nitro benzene ring substituents is 1. The third-order valence-corrected chi connectivity index (χ3v) is 3.14. The maximum atomic E-state index is 12.3. The molecule has 0 unspecified atom stereocenters. The number of carbonyl (C=O) groups excluding carboxylic acids is 1. The van der Waals surface area contributed by atoms with Crippen LogP contribution in [0.3, 0.4) is 0 Å². The fourth-order valence-corrected chi connectivity index (χ4v) is 1.97. The van der Waals surface area contributed by atoms with Crippen LogP contribution in [0.25, 0.3) is 0 Å². The fourth-order valence-electron chi connectivity index (χ4n) is 1.97. The highest BCUT2D eigenvalue weighted by atomic mass is 16.6. The van der Waals surface area contributed by atoms with Crippen molar-refractivity contribution in [3.63, 3.8) is 0 Å². The Morgan fingerprint density at radius 3 is 2.76 bits per heavy atom. The number of aromatic nitrogens is 1. The quantitative estimate of drug-likeness (QED) is 0.479. The van der Waals surface area contributed by atoms with Crippen LogP contribution in [0, 0.1) is 17.0 Å². The van der Waals surface area contributed by atoms with Crippen LogP contribution in [0.5, 0.6) is 5.75 Å². The summed E-state index contributed by atoms with van der Waals surface area (Å²) in [6.07, 6.45) is 1.75. The standard InChI is InChI=1S/C15H14N2O4/c1-10-4-3-7-16-13(10)9-14(18)12-6-5-11(17(19)20)8-15(12)21-2/h3-8H,9H2,1-2H3. The minimum Gasteiger partial charge on any atom is -0.496 e. The number of hydrogen-bond acceptors (Lipinski definition) is 5. The molecule has 0 aliphatic rings. The molecule has 1 aromatic heterocycles. The molecule has 2 rings (SSSR count). The molecule has 6 heteroatoms. The smallest absolute Gasteiger partial charge is 0.273 e. The molecule has 0 spiro atoms. The van der Waals surface area contributed by atoms with Gasteiger partial charge >= 0.3 is 0 Å². The number of ether oxygens (including phenoxy) is 1. The van der Waals surface area contributed by atoms with Crippen molar-refractivity contribution in [2.75, 3.05) is 7.11 Å². The molecule has 0 N–H and O–H groups in total. The van der Waals surface area contributed by atoms with E-state index in [0.717, 1.165) is 5.56 Å². The zero-order valence-electron chi connectivity index (χ0n) is 11.7. The number of Topliss-reactive ketones (excluding diaryl/α,β-unsaturated/α-hetero) is 1. The van der Waals surface area contributed by atoms with Crippen LogP contribution in [0.4, 0.5) is 5.69 Å². The van der Waals surface area contributed by atoms with E-state index < -0.39 is 4.92 Å². The Balaban J connectivity index is 2.31. The SMILES string of the molecule is COc1cc([N+](=O)[O-])ccc1C(=O)Cc1ncccc1C. The summed E-state index contributed by atoms with van der Waals surface area (Å²) in [5.41, 5.74) is 1.81. The monoisotopic (exact) mass is 286 g/mol. The number of nitro groups is 1. The van der Waals surface area contributed by atoms with E-state index in [2.05, 4.69) is 4.98 Å². The number of nitro benzene ring substituents is 1. The van der Waals surface area contributed by atoms with E-state index in [1.54, 1.807) is 12.3 Å². The first-order chi connectivity index (χ1) is 10.0. The molecule has 1 aromatic carbocycles. The lowest BCUT2D eigenvalue weighted by Gasteiger charge is -2.08. The van der Waals surface area contributed by atoms with E-state index in [9.17, 15) is 14.9 Å². The van der Waals surface area contributed by atoms with Gasteiger partial charge in [0.1, 0.15) is 5.75 Å². The number of hydrogen-bond donors (Lipinski definition) is 0. The van der Waals surface area contributed by atoms with E-state index >= 15 is 0 Å². The predicted molar refractivity (Wildman–Crippen MR) is 76.7 cm³/mol. The van der Waals surface area contributed by atoms with Gasteiger partial charge in [-0.25, -0.2) is 0 Å². The Labute approximate surface area is 121 Å².